The number of aromatic nitrogens is 2. The number of carbonyl (C=O) groups is 1. The second kappa shape index (κ2) is 4.96. The lowest BCUT2D eigenvalue weighted by Gasteiger charge is -2.01. The van der Waals surface area contributed by atoms with Crippen LogP contribution in [0, 0.1) is 10.1 Å². The van der Waals surface area contributed by atoms with Gasteiger partial charge < -0.3 is 15.4 Å². The Kier molecular flexibility index (Phi) is 3.38. The van der Waals surface area contributed by atoms with Gasteiger partial charge in [0.1, 0.15) is 10.4 Å². The Bertz CT molecular complexity index is 611. The number of H-pyrrole nitrogens is 1. The molecule has 92 valence electrons. The van der Waals surface area contributed by atoms with Gasteiger partial charge >= 0.3 is 5.82 Å². The van der Waals surface area contributed by atoms with Gasteiger partial charge in [0, 0.05) is 6.07 Å². The van der Waals surface area contributed by atoms with Gasteiger partial charge in [-0.1, -0.05) is 6.07 Å². The minimum absolute atomic E-state index is 0.100. The van der Waals surface area contributed by atoms with E-state index in [2.05, 4.69) is 31.2 Å². The second-order valence-electron chi connectivity index (χ2n) is 3.31. The zero-order valence-corrected chi connectivity index (χ0v) is 10.5. The molecule has 18 heavy (non-hydrogen) atoms. The summed E-state index contributed by atoms with van der Waals surface area (Å²) >= 11 is 3.17. The Balaban J connectivity index is 2.14. The molecular formula is C10H7BrN4O3. The zero-order valence-electron chi connectivity index (χ0n) is 8.88. The number of rotatable bonds is 3. The molecule has 0 aliphatic rings. The highest BCUT2D eigenvalue weighted by molar-refractivity contribution is 9.10. The summed E-state index contributed by atoms with van der Waals surface area (Å²) in [4.78, 5) is 28.0. The van der Waals surface area contributed by atoms with Crippen LogP contribution in [0.1, 0.15) is 10.5 Å². The van der Waals surface area contributed by atoms with E-state index in [1.807, 2.05) is 0 Å². The first kappa shape index (κ1) is 12.2. The summed E-state index contributed by atoms with van der Waals surface area (Å²) < 4.78 is 0.581. The zero-order chi connectivity index (χ0) is 13.1. The van der Waals surface area contributed by atoms with E-state index in [0.29, 0.717) is 10.4 Å². The molecular weight excluding hydrogens is 304 g/mol. The minimum Gasteiger partial charge on any atom is -0.358 e. The SMILES string of the molecule is O=C(Nc1cccc(Br)n1)c1ccc([N+](=O)[O-])[nH]1. The predicted molar refractivity (Wildman–Crippen MR) is 67.3 cm³/mol. The highest BCUT2D eigenvalue weighted by atomic mass is 79.9. The van der Waals surface area contributed by atoms with Gasteiger partial charge in [0.15, 0.2) is 5.69 Å². The fourth-order valence-electron chi connectivity index (χ4n) is 1.28. The van der Waals surface area contributed by atoms with E-state index in [1.54, 1.807) is 18.2 Å². The Morgan fingerprint density at radius 1 is 1.39 bits per heavy atom. The number of nitrogens with zero attached hydrogens (tertiary/aromatic N) is 2. The van der Waals surface area contributed by atoms with Crippen molar-refractivity contribution in [3.05, 3.63) is 50.7 Å². The highest BCUT2D eigenvalue weighted by Gasteiger charge is 2.15. The second-order valence-corrected chi connectivity index (χ2v) is 4.13. The van der Waals surface area contributed by atoms with E-state index in [-0.39, 0.29) is 11.5 Å². The van der Waals surface area contributed by atoms with Gasteiger partial charge in [-0.15, -0.1) is 0 Å². The number of hydrogen-bond donors (Lipinski definition) is 2. The molecule has 8 heteroatoms. The van der Waals surface area contributed by atoms with Crippen LogP contribution in [0.25, 0.3) is 0 Å². The molecule has 0 spiro atoms. The van der Waals surface area contributed by atoms with Crippen molar-refractivity contribution >= 4 is 33.5 Å². The van der Waals surface area contributed by atoms with Crippen LogP contribution in [-0.4, -0.2) is 20.8 Å². The molecule has 0 aliphatic heterocycles. The Labute approximate surface area is 110 Å². The topological polar surface area (TPSA) is 101 Å². The molecule has 0 radical (unpaired) electrons. The number of halogens is 1. The average Bonchev–Trinajstić information content (AvgIpc) is 2.78. The van der Waals surface area contributed by atoms with E-state index in [0.717, 1.165) is 0 Å². The lowest BCUT2D eigenvalue weighted by Crippen LogP contribution is -2.13. The van der Waals surface area contributed by atoms with Crippen LogP contribution < -0.4 is 5.32 Å². The molecule has 0 saturated heterocycles. The molecule has 2 aromatic rings. The first-order valence-electron chi connectivity index (χ1n) is 4.83. The predicted octanol–water partition coefficient (Wildman–Crippen LogP) is 2.33. The summed E-state index contributed by atoms with van der Waals surface area (Å²) in [6.07, 6.45) is 0. The summed E-state index contributed by atoms with van der Waals surface area (Å²) in [5.74, 6) is -0.373. The molecule has 0 aromatic carbocycles. The van der Waals surface area contributed by atoms with E-state index < -0.39 is 10.8 Å². The van der Waals surface area contributed by atoms with Crippen molar-refractivity contribution in [3.63, 3.8) is 0 Å². The number of amides is 1. The summed E-state index contributed by atoms with van der Waals surface area (Å²) in [5.41, 5.74) is 0.100. The van der Waals surface area contributed by atoms with Crippen LogP contribution >= 0.6 is 15.9 Å². The van der Waals surface area contributed by atoms with Crippen molar-refractivity contribution in [2.75, 3.05) is 5.32 Å². The third-order valence-electron chi connectivity index (χ3n) is 2.07. The number of carbonyl (C=O) groups excluding carboxylic acids is 1. The first-order chi connectivity index (χ1) is 8.56. The van der Waals surface area contributed by atoms with E-state index >= 15 is 0 Å². The maximum absolute atomic E-state index is 11.7. The van der Waals surface area contributed by atoms with Crippen molar-refractivity contribution in [3.8, 4) is 0 Å². The highest BCUT2D eigenvalue weighted by Crippen LogP contribution is 2.13. The number of anilines is 1. The Morgan fingerprint density at radius 3 is 2.78 bits per heavy atom. The van der Waals surface area contributed by atoms with Gasteiger partial charge in [0.25, 0.3) is 5.91 Å². The molecule has 0 unspecified atom stereocenters. The fraction of sp³-hybridized carbons (Fsp3) is 0. The number of nitro groups is 1. The van der Waals surface area contributed by atoms with Crippen LogP contribution in [-0.2, 0) is 0 Å². The van der Waals surface area contributed by atoms with Gasteiger partial charge in [0.05, 0.1) is 0 Å². The summed E-state index contributed by atoms with van der Waals surface area (Å²) in [6.45, 7) is 0. The third kappa shape index (κ3) is 2.72. The fourth-order valence-corrected chi connectivity index (χ4v) is 1.63. The number of hydrogen-bond acceptors (Lipinski definition) is 4. The van der Waals surface area contributed by atoms with Gasteiger partial charge in [-0.2, -0.15) is 0 Å². The largest absolute Gasteiger partial charge is 0.358 e. The molecule has 2 heterocycles. The summed E-state index contributed by atoms with van der Waals surface area (Å²) in [7, 11) is 0. The minimum atomic E-state index is -0.603. The molecule has 7 nitrogen and oxygen atoms in total. The molecule has 0 fully saturated rings. The van der Waals surface area contributed by atoms with Gasteiger partial charge in [-0.05, 0) is 39.1 Å². The van der Waals surface area contributed by atoms with Crippen molar-refractivity contribution in [2.24, 2.45) is 0 Å². The van der Waals surface area contributed by atoms with Gasteiger partial charge in [0.2, 0.25) is 0 Å². The van der Waals surface area contributed by atoms with Crippen LogP contribution in [0.15, 0.2) is 34.9 Å². The van der Waals surface area contributed by atoms with Crippen LogP contribution in [0.4, 0.5) is 11.6 Å². The maximum atomic E-state index is 11.7. The van der Waals surface area contributed by atoms with E-state index in [1.165, 1.54) is 12.1 Å². The lowest BCUT2D eigenvalue weighted by atomic mass is 10.4. The summed E-state index contributed by atoms with van der Waals surface area (Å²) in [5, 5.41) is 13.0. The number of pyridine rings is 1. The normalized spacial score (nSPS) is 10.1. The number of nitrogens with one attached hydrogen (secondary N) is 2. The Morgan fingerprint density at radius 2 is 2.17 bits per heavy atom. The van der Waals surface area contributed by atoms with E-state index in [9.17, 15) is 14.9 Å². The molecule has 0 bridgehead atoms. The standard InChI is InChI=1S/C10H7BrN4O3/c11-7-2-1-3-8(13-7)14-10(16)6-4-5-9(12-6)15(17)18/h1-5,12H,(H,13,14,16). The van der Waals surface area contributed by atoms with Crippen LogP contribution in [0.2, 0.25) is 0 Å². The quantitative estimate of drug-likeness (QED) is 0.516. The van der Waals surface area contributed by atoms with Crippen molar-refractivity contribution in [2.45, 2.75) is 0 Å². The van der Waals surface area contributed by atoms with Crippen molar-refractivity contribution in [1.29, 1.82) is 0 Å². The van der Waals surface area contributed by atoms with Crippen molar-refractivity contribution in [1.82, 2.24) is 9.97 Å². The third-order valence-corrected chi connectivity index (χ3v) is 2.51. The Hall–Kier alpha value is -2.22. The molecule has 2 N–H and O–H groups in total. The number of aromatic amines is 1. The first-order valence-corrected chi connectivity index (χ1v) is 5.63. The maximum Gasteiger partial charge on any atom is 0.321 e. The van der Waals surface area contributed by atoms with Crippen LogP contribution in [0.3, 0.4) is 0 Å². The molecule has 2 aromatic heterocycles. The molecule has 0 aliphatic carbocycles. The molecule has 1 amide bonds. The van der Waals surface area contributed by atoms with Crippen molar-refractivity contribution < 1.29 is 9.72 Å². The molecule has 0 atom stereocenters. The lowest BCUT2D eigenvalue weighted by molar-refractivity contribution is -0.389. The monoisotopic (exact) mass is 310 g/mol. The average molecular weight is 311 g/mol. The molecule has 0 saturated carbocycles. The van der Waals surface area contributed by atoms with Crippen LogP contribution in [0.5, 0.6) is 0 Å². The van der Waals surface area contributed by atoms with Gasteiger partial charge in [-0.25, -0.2) is 9.97 Å². The van der Waals surface area contributed by atoms with Gasteiger partial charge in [-0.3, -0.25) is 4.79 Å². The smallest absolute Gasteiger partial charge is 0.321 e. The molecule has 2 rings (SSSR count). The van der Waals surface area contributed by atoms with E-state index in [4.69, 9.17) is 0 Å². The summed E-state index contributed by atoms with van der Waals surface area (Å²) in [6, 6.07) is 7.60.